The molecule has 0 aliphatic carbocycles. The molecular formula is C22H20N4O4. The fourth-order valence-corrected chi connectivity index (χ4v) is 2.91. The Labute approximate surface area is 172 Å². The Kier molecular flexibility index (Phi) is 6.39. The van der Waals surface area contributed by atoms with Crippen molar-refractivity contribution in [3.05, 3.63) is 99.6 Å². The van der Waals surface area contributed by atoms with E-state index in [-0.39, 0.29) is 11.3 Å². The van der Waals surface area contributed by atoms with Gasteiger partial charge < -0.3 is 16.4 Å². The Morgan fingerprint density at radius 2 is 1.70 bits per heavy atom. The lowest BCUT2D eigenvalue weighted by molar-refractivity contribution is -0.383. The molecule has 0 bridgehead atoms. The van der Waals surface area contributed by atoms with E-state index in [1.54, 1.807) is 30.3 Å². The maximum absolute atomic E-state index is 12.4. The minimum Gasteiger partial charge on any atom is -0.366 e. The third-order valence-electron chi connectivity index (χ3n) is 4.42. The van der Waals surface area contributed by atoms with Crippen molar-refractivity contribution in [1.29, 1.82) is 0 Å². The Bertz CT molecular complexity index is 1080. The van der Waals surface area contributed by atoms with Crippen LogP contribution in [0.4, 0.5) is 17.1 Å². The highest BCUT2D eigenvalue weighted by Crippen LogP contribution is 2.28. The number of carbonyl (C=O) groups is 2. The van der Waals surface area contributed by atoms with Gasteiger partial charge in [0.25, 0.3) is 11.6 Å². The summed E-state index contributed by atoms with van der Waals surface area (Å²) >= 11 is 0. The predicted molar refractivity (Wildman–Crippen MR) is 114 cm³/mol. The molecule has 0 radical (unpaired) electrons. The number of rotatable bonds is 8. The van der Waals surface area contributed by atoms with E-state index in [4.69, 9.17) is 5.73 Å². The van der Waals surface area contributed by atoms with Crippen LogP contribution in [0.2, 0.25) is 0 Å². The lowest BCUT2D eigenvalue weighted by Crippen LogP contribution is -2.25. The van der Waals surface area contributed by atoms with E-state index >= 15 is 0 Å². The van der Waals surface area contributed by atoms with Gasteiger partial charge >= 0.3 is 0 Å². The molecule has 0 fully saturated rings. The third-order valence-corrected chi connectivity index (χ3v) is 4.42. The molecule has 0 spiro atoms. The number of carbonyl (C=O) groups excluding carboxylic acids is 2. The molecule has 8 nitrogen and oxygen atoms in total. The quantitative estimate of drug-likeness (QED) is 0.392. The molecular weight excluding hydrogens is 384 g/mol. The van der Waals surface area contributed by atoms with Crippen molar-refractivity contribution in [3.63, 3.8) is 0 Å². The normalized spacial score (nSPS) is 10.3. The molecule has 4 N–H and O–H groups in total. The second-order valence-corrected chi connectivity index (χ2v) is 6.55. The molecule has 3 aromatic rings. The summed E-state index contributed by atoms with van der Waals surface area (Å²) in [6.07, 6.45) is 0.489. The smallest absolute Gasteiger partial charge is 0.293 e. The number of primary amides is 1. The Morgan fingerprint density at radius 3 is 2.40 bits per heavy atom. The number of nitrogens with zero attached hydrogens (tertiary/aromatic N) is 1. The summed E-state index contributed by atoms with van der Waals surface area (Å²) in [5.41, 5.74) is 7.51. The number of nitrogens with two attached hydrogens (primary N) is 1. The fraction of sp³-hybridized carbons (Fsp3) is 0.0909. The van der Waals surface area contributed by atoms with E-state index in [0.29, 0.717) is 29.9 Å². The maximum Gasteiger partial charge on any atom is 0.293 e. The predicted octanol–water partition coefficient (Wildman–Crippen LogP) is 3.41. The summed E-state index contributed by atoms with van der Waals surface area (Å²) in [5.74, 6) is -0.937. The molecule has 0 unspecified atom stereocenters. The average molecular weight is 404 g/mol. The van der Waals surface area contributed by atoms with Gasteiger partial charge in [-0.05, 0) is 48.4 Å². The van der Waals surface area contributed by atoms with E-state index in [1.165, 1.54) is 18.2 Å². The number of anilines is 2. The van der Waals surface area contributed by atoms with Crippen molar-refractivity contribution < 1.29 is 14.5 Å². The molecule has 0 aliphatic heterocycles. The van der Waals surface area contributed by atoms with Crippen molar-refractivity contribution >= 4 is 28.9 Å². The standard InChI is InChI=1S/C22H20N4O4/c23-21(27)16-6-4-5-15(13-16)11-12-24-22(28)17-9-10-19(20(14-17)26(29)30)25-18-7-2-1-3-8-18/h1-10,13-14,25H,11-12H2,(H2,23,27)(H,24,28). The zero-order valence-electron chi connectivity index (χ0n) is 16.0. The van der Waals surface area contributed by atoms with Crippen LogP contribution in [0.15, 0.2) is 72.8 Å². The zero-order chi connectivity index (χ0) is 21.5. The largest absolute Gasteiger partial charge is 0.366 e. The van der Waals surface area contributed by atoms with Crippen molar-refractivity contribution in [2.45, 2.75) is 6.42 Å². The van der Waals surface area contributed by atoms with Crippen molar-refractivity contribution in [2.75, 3.05) is 11.9 Å². The number of amides is 2. The van der Waals surface area contributed by atoms with Crippen molar-refractivity contribution in [2.24, 2.45) is 5.73 Å². The summed E-state index contributed by atoms with van der Waals surface area (Å²) in [5, 5.41) is 17.2. The molecule has 0 atom stereocenters. The number of hydrogen-bond acceptors (Lipinski definition) is 5. The number of nitro benzene ring substituents is 1. The SMILES string of the molecule is NC(=O)c1cccc(CCNC(=O)c2ccc(Nc3ccccc3)c([N+](=O)[O-])c2)c1. The molecule has 2 amide bonds. The van der Waals surface area contributed by atoms with Crippen LogP contribution in [0.1, 0.15) is 26.3 Å². The molecule has 152 valence electrons. The van der Waals surface area contributed by atoms with Gasteiger partial charge in [0.2, 0.25) is 5.91 Å². The summed E-state index contributed by atoms with van der Waals surface area (Å²) in [4.78, 5) is 34.6. The molecule has 30 heavy (non-hydrogen) atoms. The number of para-hydroxylation sites is 1. The number of nitrogens with one attached hydrogen (secondary N) is 2. The summed E-state index contributed by atoms with van der Waals surface area (Å²) in [6, 6.07) is 20.2. The van der Waals surface area contributed by atoms with Crippen LogP contribution in [-0.2, 0) is 6.42 Å². The van der Waals surface area contributed by atoms with E-state index < -0.39 is 16.7 Å². The first-order chi connectivity index (χ1) is 14.4. The Morgan fingerprint density at radius 1 is 0.933 bits per heavy atom. The van der Waals surface area contributed by atoms with Gasteiger partial charge in [-0.1, -0.05) is 30.3 Å². The van der Waals surface area contributed by atoms with Gasteiger partial charge in [0.15, 0.2) is 0 Å². The van der Waals surface area contributed by atoms with E-state index in [1.807, 2.05) is 24.3 Å². The van der Waals surface area contributed by atoms with Crippen LogP contribution in [0.5, 0.6) is 0 Å². The summed E-state index contributed by atoms with van der Waals surface area (Å²) in [7, 11) is 0. The minimum atomic E-state index is -0.530. The van der Waals surface area contributed by atoms with E-state index in [9.17, 15) is 19.7 Å². The first-order valence-corrected chi connectivity index (χ1v) is 9.21. The second kappa shape index (κ2) is 9.33. The number of benzene rings is 3. The molecule has 8 heteroatoms. The van der Waals surface area contributed by atoms with Gasteiger partial charge in [-0.25, -0.2) is 0 Å². The highest BCUT2D eigenvalue weighted by atomic mass is 16.6. The molecule has 0 aromatic heterocycles. The molecule has 3 aromatic carbocycles. The van der Waals surface area contributed by atoms with Crippen LogP contribution in [0.25, 0.3) is 0 Å². The number of nitro groups is 1. The van der Waals surface area contributed by atoms with Crippen LogP contribution >= 0.6 is 0 Å². The molecule has 0 saturated carbocycles. The number of hydrogen-bond donors (Lipinski definition) is 3. The van der Waals surface area contributed by atoms with Gasteiger partial charge in [-0.15, -0.1) is 0 Å². The van der Waals surface area contributed by atoms with Gasteiger partial charge in [0.05, 0.1) is 4.92 Å². The van der Waals surface area contributed by atoms with Crippen molar-refractivity contribution in [3.8, 4) is 0 Å². The lowest BCUT2D eigenvalue weighted by Gasteiger charge is -2.09. The average Bonchev–Trinajstić information content (AvgIpc) is 2.74. The first kappa shape index (κ1) is 20.5. The maximum atomic E-state index is 12.4. The minimum absolute atomic E-state index is 0.186. The zero-order valence-corrected chi connectivity index (χ0v) is 16.0. The lowest BCUT2D eigenvalue weighted by atomic mass is 10.1. The Balaban J connectivity index is 1.67. The van der Waals surface area contributed by atoms with Gasteiger partial charge in [-0.2, -0.15) is 0 Å². The molecule has 0 heterocycles. The highest BCUT2D eigenvalue weighted by Gasteiger charge is 2.17. The van der Waals surface area contributed by atoms with Crippen LogP contribution in [-0.4, -0.2) is 23.3 Å². The first-order valence-electron chi connectivity index (χ1n) is 9.21. The fourth-order valence-electron chi connectivity index (χ4n) is 2.91. The van der Waals surface area contributed by atoms with Crippen molar-refractivity contribution in [1.82, 2.24) is 5.32 Å². The third kappa shape index (κ3) is 5.20. The topological polar surface area (TPSA) is 127 Å². The van der Waals surface area contributed by atoms with Crippen LogP contribution < -0.4 is 16.4 Å². The monoisotopic (exact) mass is 404 g/mol. The van der Waals surface area contributed by atoms with Gasteiger partial charge in [0, 0.05) is 29.4 Å². The van der Waals surface area contributed by atoms with E-state index in [0.717, 1.165) is 5.56 Å². The summed E-state index contributed by atoms with van der Waals surface area (Å²) in [6.45, 7) is 0.304. The molecule has 0 saturated heterocycles. The molecule has 0 aliphatic rings. The second-order valence-electron chi connectivity index (χ2n) is 6.55. The summed E-state index contributed by atoms with van der Waals surface area (Å²) < 4.78 is 0. The molecule has 3 rings (SSSR count). The highest BCUT2D eigenvalue weighted by molar-refractivity contribution is 5.96. The van der Waals surface area contributed by atoms with Crippen LogP contribution in [0, 0.1) is 10.1 Å². The Hall–Kier alpha value is -4.20. The van der Waals surface area contributed by atoms with Crippen LogP contribution in [0.3, 0.4) is 0 Å². The van der Waals surface area contributed by atoms with E-state index in [2.05, 4.69) is 10.6 Å². The van der Waals surface area contributed by atoms with Gasteiger partial charge in [-0.3, -0.25) is 19.7 Å². The van der Waals surface area contributed by atoms with Gasteiger partial charge in [0.1, 0.15) is 5.69 Å².